The molecule has 0 radical (unpaired) electrons. The number of anilines is 2. The first kappa shape index (κ1) is 15.7. The molecule has 2 heterocycles. The molecule has 0 unspecified atom stereocenters. The standard InChI is InChI=1S/C15H19N5O2/c1-9-12(15(22)18-10(2)17-9)7-14(21)19-11-5-6-13(16-8-11)20(3)4/h5-6,8H,7H2,1-4H3,(H,19,21)(H,17,18,22). The number of hydrogen-bond acceptors (Lipinski definition) is 5. The predicted molar refractivity (Wildman–Crippen MR) is 85.2 cm³/mol. The molecular formula is C15H19N5O2. The molecule has 0 saturated carbocycles. The maximum absolute atomic E-state index is 12.1. The zero-order valence-electron chi connectivity index (χ0n) is 13.1. The van der Waals surface area contributed by atoms with Crippen molar-refractivity contribution in [3.05, 3.63) is 45.8 Å². The molecule has 0 aliphatic carbocycles. The van der Waals surface area contributed by atoms with Gasteiger partial charge in [0.05, 0.1) is 18.3 Å². The lowest BCUT2D eigenvalue weighted by Gasteiger charge is -2.11. The van der Waals surface area contributed by atoms with Gasteiger partial charge in [-0.25, -0.2) is 9.97 Å². The van der Waals surface area contributed by atoms with Gasteiger partial charge in [-0.1, -0.05) is 0 Å². The van der Waals surface area contributed by atoms with Crippen molar-refractivity contribution >= 4 is 17.4 Å². The summed E-state index contributed by atoms with van der Waals surface area (Å²) in [6, 6.07) is 3.58. The van der Waals surface area contributed by atoms with Gasteiger partial charge < -0.3 is 15.2 Å². The molecular weight excluding hydrogens is 282 g/mol. The van der Waals surface area contributed by atoms with Crippen molar-refractivity contribution in [2.45, 2.75) is 20.3 Å². The van der Waals surface area contributed by atoms with Crippen LogP contribution in [0.1, 0.15) is 17.1 Å². The Hall–Kier alpha value is -2.70. The topological polar surface area (TPSA) is 91.0 Å². The van der Waals surface area contributed by atoms with Crippen molar-refractivity contribution in [2.75, 3.05) is 24.3 Å². The van der Waals surface area contributed by atoms with Crippen LogP contribution in [0.5, 0.6) is 0 Å². The van der Waals surface area contributed by atoms with Crippen molar-refractivity contribution in [2.24, 2.45) is 0 Å². The van der Waals surface area contributed by atoms with Gasteiger partial charge in [-0.05, 0) is 26.0 Å². The highest BCUT2D eigenvalue weighted by atomic mass is 16.2. The van der Waals surface area contributed by atoms with Crippen LogP contribution in [-0.2, 0) is 11.2 Å². The van der Waals surface area contributed by atoms with Gasteiger partial charge in [-0.2, -0.15) is 0 Å². The Bertz CT molecular complexity index is 735. The molecule has 0 saturated heterocycles. The number of aromatic nitrogens is 3. The predicted octanol–water partition coefficient (Wildman–Crippen LogP) is 1.03. The van der Waals surface area contributed by atoms with Gasteiger partial charge in [0.2, 0.25) is 5.91 Å². The van der Waals surface area contributed by atoms with Gasteiger partial charge in [0.25, 0.3) is 5.56 Å². The molecule has 0 aromatic carbocycles. The maximum Gasteiger partial charge on any atom is 0.254 e. The Labute approximate surface area is 128 Å². The van der Waals surface area contributed by atoms with E-state index < -0.39 is 0 Å². The van der Waals surface area contributed by atoms with E-state index in [1.165, 1.54) is 0 Å². The van der Waals surface area contributed by atoms with Gasteiger partial charge in [0, 0.05) is 25.4 Å². The van der Waals surface area contributed by atoms with Gasteiger partial charge in [0.15, 0.2) is 0 Å². The van der Waals surface area contributed by atoms with Crippen LogP contribution in [0.15, 0.2) is 23.1 Å². The summed E-state index contributed by atoms with van der Waals surface area (Å²) in [5.74, 6) is 1.06. The fourth-order valence-corrected chi connectivity index (χ4v) is 2.05. The van der Waals surface area contributed by atoms with E-state index in [0.29, 0.717) is 22.8 Å². The summed E-state index contributed by atoms with van der Waals surface area (Å²) in [4.78, 5) is 36.8. The maximum atomic E-state index is 12.1. The fourth-order valence-electron chi connectivity index (χ4n) is 2.05. The normalized spacial score (nSPS) is 10.4. The van der Waals surface area contributed by atoms with Crippen molar-refractivity contribution < 1.29 is 4.79 Å². The molecule has 2 aromatic rings. The van der Waals surface area contributed by atoms with E-state index in [0.717, 1.165) is 5.82 Å². The number of pyridine rings is 1. The number of aromatic amines is 1. The number of H-pyrrole nitrogens is 1. The largest absolute Gasteiger partial charge is 0.363 e. The van der Waals surface area contributed by atoms with Crippen LogP contribution >= 0.6 is 0 Å². The molecule has 0 spiro atoms. The Kier molecular flexibility index (Phi) is 4.55. The number of nitrogens with zero attached hydrogens (tertiary/aromatic N) is 3. The van der Waals surface area contributed by atoms with Gasteiger partial charge in [0.1, 0.15) is 11.6 Å². The average Bonchev–Trinajstić information content (AvgIpc) is 2.43. The highest BCUT2D eigenvalue weighted by Crippen LogP contribution is 2.12. The molecule has 0 atom stereocenters. The number of carbonyl (C=O) groups excluding carboxylic acids is 1. The quantitative estimate of drug-likeness (QED) is 0.880. The summed E-state index contributed by atoms with van der Waals surface area (Å²) in [5, 5.41) is 2.73. The lowest BCUT2D eigenvalue weighted by molar-refractivity contribution is -0.115. The third-order valence-corrected chi connectivity index (χ3v) is 3.17. The summed E-state index contributed by atoms with van der Waals surface area (Å²) in [6.45, 7) is 3.43. The second-order valence-electron chi connectivity index (χ2n) is 5.24. The number of nitrogens with one attached hydrogen (secondary N) is 2. The molecule has 0 aliphatic heterocycles. The SMILES string of the molecule is Cc1nc(C)c(CC(=O)Nc2ccc(N(C)C)nc2)c(=O)[nH]1. The van der Waals surface area contributed by atoms with Crippen LogP contribution in [0, 0.1) is 13.8 Å². The molecule has 2 rings (SSSR count). The first-order valence-electron chi connectivity index (χ1n) is 6.86. The lowest BCUT2D eigenvalue weighted by Crippen LogP contribution is -2.24. The zero-order chi connectivity index (χ0) is 16.3. The summed E-state index contributed by atoms with van der Waals surface area (Å²) in [5.41, 5.74) is 1.25. The molecule has 2 aromatic heterocycles. The Balaban J connectivity index is 2.09. The number of hydrogen-bond donors (Lipinski definition) is 2. The summed E-state index contributed by atoms with van der Waals surface area (Å²) < 4.78 is 0. The summed E-state index contributed by atoms with van der Waals surface area (Å²) >= 11 is 0. The molecule has 1 amide bonds. The van der Waals surface area contributed by atoms with Crippen LogP contribution in [0.25, 0.3) is 0 Å². The van der Waals surface area contributed by atoms with Crippen LogP contribution in [0.2, 0.25) is 0 Å². The van der Waals surface area contributed by atoms with Crippen LogP contribution in [-0.4, -0.2) is 35.0 Å². The van der Waals surface area contributed by atoms with Gasteiger partial charge >= 0.3 is 0 Å². The Morgan fingerprint density at radius 1 is 1.32 bits per heavy atom. The highest BCUT2D eigenvalue weighted by Gasteiger charge is 2.12. The van der Waals surface area contributed by atoms with Crippen molar-refractivity contribution in [3.63, 3.8) is 0 Å². The second-order valence-corrected chi connectivity index (χ2v) is 5.24. The van der Waals surface area contributed by atoms with Crippen LogP contribution in [0.3, 0.4) is 0 Å². The molecule has 2 N–H and O–H groups in total. The van der Waals surface area contributed by atoms with E-state index in [1.54, 1.807) is 32.2 Å². The second kappa shape index (κ2) is 6.38. The van der Waals surface area contributed by atoms with Crippen molar-refractivity contribution in [1.29, 1.82) is 0 Å². The molecule has 0 aliphatic rings. The molecule has 0 fully saturated rings. The van der Waals surface area contributed by atoms with Crippen molar-refractivity contribution in [1.82, 2.24) is 15.0 Å². The molecule has 7 nitrogen and oxygen atoms in total. The van der Waals surface area contributed by atoms with E-state index in [1.807, 2.05) is 19.0 Å². The monoisotopic (exact) mass is 301 g/mol. The molecule has 7 heteroatoms. The van der Waals surface area contributed by atoms with E-state index >= 15 is 0 Å². The minimum atomic E-state index is -0.279. The number of aryl methyl sites for hydroxylation is 2. The smallest absolute Gasteiger partial charge is 0.254 e. The zero-order valence-corrected chi connectivity index (χ0v) is 13.1. The minimum absolute atomic E-state index is 0.0239. The molecule has 116 valence electrons. The van der Waals surface area contributed by atoms with E-state index in [-0.39, 0.29) is 17.9 Å². The third kappa shape index (κ3) is 3.69. The minimum Gasteiger partial charge on any atom is -0.363 e. The fraction of sp³-hybridized carbons (Fsp3) is 0.333. The molecule has 0 bridgehead atoms. The van der Waals surface area contributed by atoms with E-state index in [4.69, 9.17) is 0 Å². The van der Waals surface area contributed by atoms with Gasteiger partial charge in [-0.3, -0.25) is 9.59 Å². The van der Waals surface area contributed by atoms with Crippen molar-refractivity contribution in [3.8, 4) is 0 Å². The Morgan fingerprint density at radius 2 is 2.05 bits per heavy atom. The summed E-state index contributed by atoms with van der Waals surface area (Å²) in [7, 11) is 3.78. The Morgan fingerprint density at radius 3 is 2.59 bits per heavy atom. The lowest BCUT2D eigenvalue weighted by atomic mass is 10.1. The van der Waals surface area contributed by atoms with E-state index in [2.05, 4.69) is 20.3 Å². The number of carbonyl (C=O) groups is 1. The average molecular weight is 301 g/mol. The first-order chi connectivity index (χ1) is 10.4. The van der Waals surface area contributed by atoms with E-state index in [9.17, 15) is 9.59 Å². The summed E-state index contributed by atoms with van der Waals surface area (Å²) in [6.07, 6.45) is 1.56. The first-order valence-corrected chi connectivity index (χ1v) is 6.86. The molecule has 22 heavy (non-hydrogen) atoms. The van der Waals surface area contributed by atoms with Crippen LogP contribution < -0.4 is 15.8 Å². The van der Waals surface area contributed by atoms with Gasteiger partial charge in [-0.15, -0.1) is 0 Å². The number of rotatable bonds is 4. The third-order valence-electron chi connectivity index (χ3n) is 3.17. The highest BCUT2D eigenvalue weighted by molar-refractivity contribution is 5.92. The number of amides is 1. The van der Waals surface area contributed by atoms with Crippen LogP contribution in [0.4, 0.5) is 11.5 Å².